The van der Waals surface area contributed by atoms with Gasteiger partial charge in [0.2, 0.25) is 6.17 Å². The Kier molecular flexibility index (Phi) is 5.87. The number of fused-ring (bicyclic) bond motifs is 1. The van der Waals surface area contributed by atoms with Crippen molar-refractivity contribution in [3.63, 3.8) is 0 Å². The van der Waals surface area contributed by atoms with Crippen molar-refractivity contribution < 1.29 is 22.8 Å². The van der Waals surface area contributed by atoms with E-state index in [1.807, 2.05) is 42.5 Å². The molecule has 3 aromatic rings. The third kappa shape index (κ3) is 4.72. The van der Waals surface area contributed by atoms with Crippen LogP contribution in [0.1, 0.15) is 16.7 Å². The Morgan fingerprint density at radius 2 is 1.67 bits per heavy atom. The molecular formula is C24H19F3N4O2. The Bertz CT molecular complexity index is 1230. The molecule has 0 unspecified atom stereocenters. The van der Waals surface area contributed by atoms with Crippen molar-refractivity contribution in [1.82, 2.24) is 5.32 Å². The van der Waals surface area contributed by atoms with E-state index in [2.05, 4.69) is 15.6 Å². The maximum Gasteiger partial charge on any atom is 0.416 e. The van der Waals surface area contributed by atoms with Crippen molar-refractivity contribution in [2.75, 3.05) is 17.3 Å². The number of nitrogens with one attached hydrogen (secondary N) is 2. The molecule has 6 nitrogen and oxygen atoms in total. The molecule has 3 amide bonds. The number of likely N-dealkylation sites (N-methyl/N-ethyl adjacent to an activating group) is 1. The van der Waals surface area contributed by atoms with Gasteiger partial charge in [-0.05, 0) is 24.3 Å². The van der Waals surface area contributed by atoms with E-state index in [9.17, 15) is 22.8 Å². The highest BCUT2D eigenvalue weighted by Crippen LogP contribution is 2.31. The average molecular weight is 452 g/mol. The minimum Gasteiger partial charge on any atom is -0.311 e. The zero-order valence-electron chi connectivity index (χ0n) is 17.4. The molecular weight excluding hydrogens is 433 g/mol. The Labute approximate surface area is 187 Å². The van der Waals surface area contributed by atoms with Crippen molar-refractivity contribution in [3.8, 4) is 0 Å². The molecule has 1 aliphatic rings. The number of amides is 3. The lowest BCUT2D eigenvalue weighted by atomic mass is 10.0. The number of benzene rings is 3. The summed E-state index contributed by atoms with van der Waals surface area (Å²) in [6.07, 6.45) is -5.84. The second-order valence-electron chi connectivity index (χ2n) is 7.34. The van der Waals surface area contributed by atoms with E-state index >= 15 is 0 Å². The zero-order chi connectivity index (χ0) is 23.6. The number of rotatable bonds is 3. The number of hydrogen-bond donors (Lipinski definition) is 2. The van der Waals surface area contributed by atoms with Crippen LogP contribution < -0.4 is 15.5 Å². The molecule has 2 N–H and O–H groups in total. The van der Waals surface area contributed by atoms with Crippen LogP contribution >= 0.6 is 0 Å². The fourth-order valence-corrected chi connectivity index (χ4v) is 3.51. The number of alkyl halides is 3. The lowest BCUT2D eigenvalue weighted by molar-refractivity contribution is -0.137. The number of carbonyl (C=O) groups is 2. The van der Waals surface area contributed by atoms with Gasteiger partial charge in [0, 0.05) is 23.9 Å². The summed E-state index contributed by atoms with van der Waals surface area (Å²) in [6, 6.07) is 19.8. The van der Waals surface area contributed by atoms with E-state index in [-0.39, 0.29) is 5.69 Å². The molecule has 9 heteroatoms. The molecule has 0 aromatic heterocycles. The molecule has 0 spiro atoms. The predicted molar refractivity (Wildman–Crippen MR) is 119 cm³/mol. The lowest BCUT2D eigenvalue weighted by Crippen LogP contribution is -2.47. The van der Waals surface area contributed by atoms with Crippen molar-refractivity contribution in [1.29, 1.82) is 0 Å². The molecule has 0 fully saturated rings. The molecule has 0 bridgehead atoms. The highest BCUT2D eigenvalue weighted by atomic mass is 19.4. The van der Waals surface area contributed by atoms with Crippen LogP contribution in [0, 0.1) is 0 Å². The maximum atomic E-state index is 13.1. The van der Waals surface area contributed by atoms with Crippen molar-refractivity contribution in [2.45, 2.75) is 12.3 Å². The van der Waals surface area contributed by atoms with E-state index < -0.39 is 29.8 Å². The largest absolute Gasteiger partial charge is 0.416 e. The first-order valence-electron chi connectivity index (χ1n) is 9.99. The molecule has 0 saturated heterocycles. The Hall–Kier alpha value is -4.14. The van der Waals surface area contributed by atoms with Crippen LogP contribution in [0.3, 0.4) is 0 Å². The van der Waals surface area contributed by atoms with Crippen LogP contribution in [-0.4, -0.2) is 30.9 Å². The second kappa shape index (κ2) is 8.78. The molecule has 0 saturated carbocycles. The maximum absolute atomic E-state index is 13.1. The van der Waals surface area contributed by atoms with Gasteiger partial charge in [0.1, 0.15) is 0 Å². The first-order chi connectivity index (χ1) is 15.7. The van der Waals surface area contributed by atoms with Crippen LogP contribution in [0.4, 0.5) is 29.3 Å². The molecule has 0 radical (unpaired) electrons. The first-order valence-corrected chi connectivity index (χ1v) is 9.99. The number of para-hydroxylation sites is 1. The van der Waals surface area contributed by atoms with Gasteiger partial charge in [0.05, 0.1) is 17.0 Å². The predicted octanol–water partition coefficient (Wildman–Crippen LogP) is 4.67. The Morgan fingerprint density at radius 1 is 0.970 bits per heavy atom. The van der Waals surface area contributed by atoms with Crippen molar-refractivity contribution in [2.24, 2.45) is 4.99 Å². The minimum atomic E-state index is -4.55. The Balaban J connectivity index is 1.65. The SMILES string of the molecule is CN1C(=O)[C@H](NC(=O)Nc2cccc(C(F)(F)F)c2)N=C(c2ccccc2)c2ccccc21. The van der Waals surface area contributed by atoms with Gasteiger partial charge in [-0.25, -0.2) is 9.79 Å². The first kappa shape index (κ1) is 22.1. The van der Waals surface area contributed by atoms with Gasteiger partial charge < -0.3 is 15.5 Å². The number of nitrogens with zero attached hydrogens (tertiary/aromatic N) is 2. The summed E-state index contributed by atoms with van der Waals surface area (Å²) in [4.78, 5) is 31.6. The molecule has 33 heavy (non-hydrogen) atoms. The fourth-order valence-electron chi connectivity index (χ4n) is 3.51. The van der Waals surface area contributed by atoms with Gasteiger partial charge >= 0.3 is 12.2 Å². The van der Waals surface area contributed by atoms with Gasteiger partial charge in [-0.3, -0.25) is 4.79 Å². The minimum absolute atomic E-state index is 0.0627. The molecule has 0 aliphatic carbocycles. The number of benzodiazepines with no additional fused rings is 1. The number of carbonyl (C=O) groups excluding carboxylic acids is 2. The van der Waals surface area contributed by atoms with E-state index in [1.54, 1.807) is 19.2 Å². The third-order valence-electron chi connectivity index (χ3n) is 5.11. The summed E-state index contributed by atoms with van der Waals surface area (Å²) in [7, 11) is 1.57. The molecule has 1 aliphatic heterocycles. The van der Waals surface area contributed by atoms with Crippen LogP contribution in [0.2, 0.25) is 0 Å². The summed E-state index contributed by atoms with van der Waals surface area (Å²) in [5, 5.41) is 4.81. The fraction of sp³-hybridized carbons (Fsp3) is 0.125. The second-order valence-corrected chi connectivity index (χ2v) is 7.34. The number of aliphatic imine (C=N–C) groups is 1. The number of anilines is 2. The van der Waals surface area contributed by atoms with E-state index in [4.69, 9.17) is 0 Å². The molecule has 1 atom stereocenters. The van der Waals surface area contributed by atoms with Crippen LogP contribution in [-0.2, 0) is 11.0 Å². The van der Waals surface area contributed by atoms with E-state index in [0.29, 0.717) is 17.0 Å². The average Bonchev–Trinajstić information content (AvgIpc) is 2.90. The summed E-state index contributed by atoms with van der Waals surface area (Å²) in [5.74, 6) is -0.493. The van der Waals surface area contributed by atoms with Gasteiger partial charge in [0.15, 0.2) is 0 Å². The number of urea groups is 1. The zero-order valence-corrected chi connectivity index (χ0v) is 17.4. The highest BCUT2D eigenvalue weighted by Gasteiger charge is 2.32. The van der Waals surface area contributed by atoms with Crippen molar-refractivity contribution >= 4 is 29.0 Å². The summed E-state index contributed by atoms with van der Waals surface area (Å²) in [5.41, 5.74) is 1.62. The number of halogens is 3. The van der Waals surface area contributed by atoms with Crippen molar-refractivity contribution in [3.05, 3.63) is 95.6 Å². The van der Waals surface area contributed by atoms with E-state index in [0.717, 1.165) is 17.7 Å². The normalized spacial score (nSPS) is 15.9. The lowest BCUT2D eigenvalue weighted by Gasteiger charge is -2.21. The third-order valence-corrected chi connectivity index (χ3v) is 5.11. The summed E-state index contributed by atoms with van der Waals surface area (Å²) in [6.45, 7) is 0. The number of hydrogen-bond acceptors (Lipinski definition) is 3. The monoisotopic (exact) mass is 452 g/mol. The molecule has 1 heterocycles. The quantitative estimate of drug-likeness (QED) is 0.606. The van der Waals surface area contributed by atoms with Gasteiger partial charge in [-0.2, -0.15) is 13.2 Å². The van der Waals surface area contributed by atoms with Gasteiger partial charge in [0.25, 0.3) is 5.91 Å². The highest BCUT2D eigenvalue weighted by molar-refractivity contribution is 6.20. The smallest absolute Gasteiger partial charge is 0.311 e. The topological polar surface area (TPSA) is 73.8 Å². The van der Waals surface area contributed by atoms with Crippen LogP contribution in [0.5, 0.6) is 0 Å². The standard InChI is InChI=1S/C24H19F3N4O2/c1-31-19-13-6-5-12-18(19)20(15-8-3-2-4-9-15)29-21(22(31)32)30-23(33)28-17-11-7-10-16(14-17)24(25,26)27/h2-14,21H,1H3,(H2,28,30,33)/t21-/m0/s1. The van der Waals surface area contributed by atoms with Crippen LogP contribution in [0.15, 0.2) is 83.9 Å². The van der Waals surface area contributed by atoms with Crippen LogP contribution in [0.25, 0.3) is 0 Å². The Morgan fingerprint density at radius 3 is 2.39 bits per heavy atom. The summed E-state index contributed by atoms with van der Waals surface area (Å²) >= 11 is 0. The molecule has 3 aromatic carbocycles. The summed E-state index contributed by atoms with van der Waals surface area (Å²) < 4.78 is 38.9. The molecule has 168 valence electrons. The molecule has 4 rings (SSSR count). The van der Waals surface area contributed by atoms with Gasteiger partial charge in [-0.1, -0.05) is 54.6 Å². The van der Waals surface area contributed by atoms with E-state index in [1.165, 1.54) is 17.0 Å². The van der Waals surface area contributed by atoms with Gasteiger partial charge in [-0.15, -0.1) is 0 Å².